The number of carboxylic acid groups (broad SMARTS) is 1. The molecule has 1 aromatic rings. The highest BCUT2D eigenvalue weighted by Crippen LogP contribution is 2.36. The number of halogens is 1. The van der Waals surface area contributed by atoms with Gasteiger partial charge < -0.3 is 5.11 Å². The first-order valence-corrected chi connectivity index (χ1v) is 6.47. The number of hydrogen-bond donors (Lipinski definition) is 1. The Balaban J connectivity index is 2.41. The van der Waals surface area contributed by atoms with Crippen LogP contribution in [0.15, 0.2) is 22.0 Å². The molecule has 0 saturated carbocycles. The maximum absolute atomic E-state index is 11.3. The van der Waals surface area contributed by atoms with Gasteiger partial charge in [0.15, 0.2) is 5.78 Å². The highest BCUT2D eigenvalue weighted by atomic mass is 79.9. The van der Waals surface area contributed by atoms with Crippen LogP contribution in [0.1, 0.15) is 17.7 Å². The molecule has 0 bridgehead atoms. The molecule has 1 heterocycles. The second kappa shape index (κ2) is 4.51. The van der Waals surface area contributed by atoms with Crippen LogP contribution in [0.5, 0.6) is 0 Å². The predicted octanol–water partition coefficient (Wildman–Crippen LogP) is 2.96. The van der Waals surface area contributed by atoms with E-state index in [9.17, 15) is 9.59 Å². The first-order chi connectivity index (χ1) is 7.58. The smallest absolute Gasteiger partial charge is 0.311 e. The Bertz CT molecular complexity index is 475. The van der Waals surface area contributed by atoms with E-state index in [-0.39, 0.29) is 5.78 Å². The Hall–Kier alpha value is -0.940. The van der Waals surface area contributed by atoms with Crippen LogP contribution in [-0.4, -0.2) is 16.9 Å². The average Bonchev–Trinajstić information content (AvgIpc) is 2.64. The van der Waals surface area contributed by atoms with E-state index in [1.807, 2.05) is 11.4 Å². The van der Waals surface area contributed by atoms with Crippen molar-refractivity contribution in [1.29, 1.82) is 0 Å². The molecule has 2 rings (SSSR count). The summed E-state index contributed by atoms with van der Waals surface area (Å²) in [5.41, 5.74) is 0.638. The molecule has 0 fully saturated rings. The summed E-state index contributed by atoms with van der Waals surface area (Å²) in [5.74, 6) is -1.40. The fourth-order valence-electron chi connectivity index (χ4n) is 1.75. The Morgan fingerprint density at radius 3 is 2.88 bits per heavy atom. The first-order valence-electron chi connectivity index (χ1n) is 4.79. The third-order valence-corrected chi connectivity index (χ3v) is 4.26. The lowest BCUT2D eigenvalue weighted by Gasteiger charge is -2.18. The topological polar surface area (TPSA) is 54.4 Å². The SMILES string of the molecule is O=C1C=C(c2cc(Br)cs2)C(C(=O)O)CC1. The van der Waals surface area contributed by atoms with Crippen LogP contribution in [0.4, 0.5) is 0 Å². The van der Waals surface area contributed by atoms with E-state index < -0.39 is 11.9 Å². The van der Waals surface area contributed by atoms with Crippen molar-refractivity contribution in [3.63, 3.8) is 0 Å². The molecule has 1 aliphatic rings. The summed E-state index contributed by atoms with van der Waals surface area (Å²) < 4.78 is 0.913. The average molecular weight is 301 g/mol. The number of thiophene rings is 1. The van der Waals surface area contributed by atoms with Crippen LogP contribution >= 0.6 is 27.3 Å². The Labute approximate surface area is 105 Å². The van der Waals surface area contributed by atoms with Crippen LogP contribution < -0.4 is 0 Å². The number of aliphatic carboxylic acids is 1. The number of allylic oxidation sites excluding steroid dienone is 1. The van der Waals surface area contributed by atoms with Gasteiger partial charge in [0.05, 0.1) is 5.92 Å². The lowest BCUT2D eigenvalue weighted by Crippen LogP contribution is -2.20. The minimum absolute atomic E-state index is 0.0111. The number of hydrogen-bond acceptors (Lipinski definition) is 3. The van der Waals surface area contributed by atoms with Crippen LogP contribution in [0.25, 0.3) is 5.57 Å². The summed E-state index contributed by atoms with van der Waals surface area (Å²) >= 11 is 4.77. The highest BCUT2D eigenvalue weighted by molar-refractivity contribution is 9.10. The first kappa shape index (κ1) is 11.5. The maximum atomic E-state index is 11.3. The normalized spacial score (nSPS) is 20.7. The van der Waals surface area contributed by atoms with Crippen LogP contribution in [0.3, 0.4) is 0 Å². The molecule has 1 atom stereocenters. The van der Waals surface area contributed by atoms with E-state index in [0.717, 1.165) is 9.35 Å². The van der Waals surface area contributed by atoms with Crippen molar-refractivity contribution in [3.8, 4) is 0 Å². The van der Waals surface area contributed by atoms with Gasteiger partial charge in [0, 0.05) is 21.2 Å². The summed E-state index contributed by atoms with van der Waals surface area (Å²) in [7, 11) is 0. The molecule has 1 N–H and O–H groups in total. The Kier molecular flexibility index (Phi) is 3.25. The monoisotopic (exact) mass is 300 g/mol. The molecule has 84 valence electrons. The molecule has 0 radical (unpaired) electrons. The zero-order valence-corrected chi connectivity index (χ0v) is 10.7. The van der Waals surface area contributed by atoms with Crippen molar-refractivity contribution in [3.05, 3.63) is 26.9 Å². The molecule has 3 nitrogen and oxygen atoms in total. The second-order valence-electron chi connectivity index (χ2n) is 3.62. The molecule has 16 heavy (non-hydrogen) atoms. The van der Waals surface area contributed by atoms with E-state index in [2.05, 4.69) is 15.9 Å². The zero-order valence-electron chi connectivity index (χ0n) is 8.27. The van der Waals surface area contributed by atoms with Gasteiger partial charge in [-0.3, -0.25) is 9.59 Å². The fourth-order valence-corrected chi connectivity index (χ4v) is 3.25. The lowest BCUT2D eigenvalue weighted by molar-refractivity contribution is -0.140. The number of carboxylic acids is 1. The third kappa shape index (κ3) is 2.25. The van der Waals surface area contributed by atoms with Gasteiger partial charge in [-0.25, -0.2) is 0 Å². The van der Waals surface area contributed by atoms with Crippen LogP contribution in [0, 0.1) is 5.92 Å². The Morgan fingerprint density at radius 2 is 2.31 bits per heavy atom. The number of rotatable bonds is 2. The maximum Gasteiger partial charge on any atom is 0.311 e. The molecular weight excluding hydrogens is 292 g/mol. The number of ketones is 1. The van der Waals surface area contributed by atoms with Crippen molar-refractivity contribution >= 4 is 44.6 Å². The summed E-state index contributed by atoms with van der Waals surface area (Å²) in [6.07, 6.45) is 2.20. The quantitative estimate of drug-likeness (QED) is 0.913. The van der Waals surface area contributed by atoms with Crippen molar-refractivity contribution in [2.75, 3.05) is 0 Å². The summed E-state index contributed by atoms with van der Waals surface area (Å²) in [6.45, 7) is 0. The van der Waals surface area contributed by atoms with Gasteiger partial charge in [-0.15, -0.1) is 11.3 Å². The standard InChI is InChI=1S/C11H9BrO3S/c12-6-3-10(16-5-6)9-4-7(13)1-2-8(9)11(14)15/h3-5,8H,1-2H2,(H,14,15). The molecule has 0 aromatic carbocycles. The van der Waals surface area contributed by atoms with Gasteiger partial charge in [0.1, 0.15) is 0 Å². The molecule has 1 aliphatic carbocycles. The van der Waals surface area contributed by atoms with Gasteiger partial charge in [-0.05, 0) is 40.1 Å². The number of carbonyl (C=O) groups excluding carboxylic acids is 1. The molecule has 5 heteroatoms. The zero-order chi connectivity index (χ0) is 11.7. The van der Waals surface area contributed by atoms with E-state index in [1.165, 1.54) is 17.4 Å². The largest absolute Gasteiger partial charge is 0.481 e. The predicted molar refractivity (Wildman–Crippen MR) is 65.4 cm³/mol. The van der Waals surface area contributed by atoms with E-state index >= 15 is 0 Å². The molecule has 0 amide bonds. The van der Waals surface area contributed by atoms with Gasteiger partial charge in [0.25, 0.3) is 0 Å². The van der Waals surface area contributed by atoms with E-state index in [4.69, 9.17) is 5.11 Å². The molecule has 0 spiro atoms. The number of carbonyl (C=O) groups is 2. The van der Waals surface area contributed by atoms with Crippen LogP contribution in [0.2, 0.25) is 0 Å². The third-order valence-electron chi connectivity index (χ3n) is 2.52. The Morgan fingerprint density at radius 1 is 1.56 bits per heavy atom. The molecule has 1 aromatic heterocycles. The molecule has 0 saturated heterocycles. The van der Waals surface area contributed by atoms with Crippen molar-refractivity contribution in [1.82, 2.24) is 0 Å². The summed E-state index contributed by atoms with van der Waals surface area (Å²) in [5, 5.41) is 11.0. The molecule has 0 aliphatic heterocycles. The van der Waals surface area contributed by atoms with Crippen molar-refractivity contribution < 1.29 is 14.7 Å². The van der Waals surface area contributed by atoms with Gasteiger partial charge in [-0.1, -0.05) is 0 Å². The molecular formula is C11H9BrO3S. The van der Waals surface area contributed by atoms with Crippen LogP contribution in [-0.2, 0) is 9.59 Å². The molecule has 1 unspecified atom stereocenters. The minimum Gasteiger partial charge on any atom is -0.481 e. The van der Waals surface area contributed by atoms with Gasteiger partial charge >= 0.3 is 5.97 Å². The second-order valence-corrected chi connectivity index (χ2v) is 5.45. The highest BCUT2D eigenvalue weighted by Gasteiger charge is 2.29. The van der Waals surface area contributed by atoms with E-state index in [1.54, 1.807) is 0 Å². The van der Waals surface area contributed by atoms with Gasteiger partial charge in [-0.2, -0.15) is 0 Å². The summed E-state index contributed by atoms with van der Waals surface area (Å²) in [4.78, 5) is 23.3. The van der Waals surface area contributed by atoms with Gasteiger partial charge in [0.2, 0.25) is 0 Å². The lowest BCUT2D eigenvalue weighted by atomic mass is 9.86. The minimum atomic E-state index is -0.858. The van der Waals surface area contributed by atoms with Crippen molar-refractivity contribution in [2.24, 2.45) is 5.92 Å². The fraction of sp³-hybridized carbons (Fsp3) is 0.273. The summed E-state index contributed by atoms with van der Waals surface area (Å²) in [6, 6.07) is 1.85. The van der Waals surface area contributed by atoms with Crippen molar-refractivity contribution in [2.45, 2.75) is 12.8 Å². The van der Waals surface area contributed by atoms with E-state index in [0.29, 0.717) is 18.4 Å².